The van der Waals surface area contributed by atoms with E-state index in [1.807, 2.05) is 24.3 Å². The van der Waals surface area contributed by atoms with Gasteiger partial charge in [0.05, 0.1) is 16.8 Å². The molecule has 1 aromatic heterocycles. The second-order valence-corrected chi connectivity index (χ2v) is 7.33. The van der Waals surface area contributed by atoms with Gasteiger partial charge in [-0.2, -0.15) is 0 Å². The maximum atomic E-state index is 13.3. The van der Waals surface area contributed by atoms with Crippen LogP contribution in [0.1, 0.15) is 12.5 Å². The molecule has 0 bridgehead atoms. The molecule has 0 saturated heterocycles. The van der Waals surface area contributed by atoms with Crippen molar-refractivity contribution in [3.63, 3.8) is 0 Å². The van der Waals surface area contributed by atoms with Gasteiger partial charge in [-0.05, 0) is 42.8 Å². The Morgan fingerprint density at radius 1 is 1.32 bits per heavy atom. The van der Waals surface area contributed by atoms with Crippen molar-refractivity contribution >= 4 is 44.6 Å². The van der Waals surface area contributed by atoms with Gasteiger partial charge in [-0.3, -0.25) is 4.79 Å². The number of para-hydroxylation sites is 2. The van der Waals surface area contributed by atoms with Crippen molar-refractivity contribution in [2.45, 2.75) is 25.2 Å². The molecule has 25 heavy (non-hydrogen) atoms. The minimum Gasteiger partial charge on any atom is -0.351 e. The highest BCUT2D eigenvalue weighted by Gasteiger charge is 2.11. The third kappa shape index (κ3) is 4.41. The standard InChI is InChI=1S/C18H17BrFN3OS/c1-2-23-16-6-4-3-5-15(16)22-18(23)25-11-17(24)21-10-12-7-13(19)9-14(20)8-12/h3-9H,2,10-11H2,1H3,(H,21,24). The molecule has 0 spiro atoms. The predicted molar refractivity (Wildman–Crippen MR) is 102 cm³/mol. The number of imidazole rings is 1. The highest BCUT2D eigenvalue weighted by Crippen LogP contribution is 2.23. The van der Waals surface area contributed by atoms with E-state index < -0.39 is 0 Å². The molecule has 4 nitrogen and oxygen atoms in total. The largest absolute Gasteiger partial charge is 0.351 e. The summed E-state index contributed by atoms with van der Waals surface area (Å²) in [6, 6.07) is 12.5. The zero-order valence-corrected chi connectivity index (χ0v) is 16.0. The number of carbonyl (C=O) groups is 1. The Morgan fingerprint density at radius 3 is 2.88 bits per heavy atom. The van der Waals surface area contributed by atoms with Gasteiger partial charge < -0.3 is 9.88 Å². The van der Waals surface area contributed by atoms with E-state index in [-0.39, 0.29) is 17.5 Å². The molecule has 1 heterocycles. The lowest BCUT2D eigenvalue weighted by atomic mass is 10.2. The van der Waals surface area contributed by atoms with E-state index in [2.05, 4.69) is 37.7 Å². The minimum absolute atomic E-state index is 0.111. The maximum Gasteiger partial charge on any atom is 0.230 e. The van der Waals surface area contributed by atoms with Crippen molar-refractivity contribution < 1.29 is 9.18 Å². The molecule has 2 aromatic carbocycles. The quantitative estimate of drug-likeness (QED) is 0.601. The summed E-state index contributed by atoms with van der Waals surface area (Å²) < 4.78 is 16.1. The first kappa shape index (κ1) is 17.9. The van der Waals surface area contributed by atoms with E-state index in [1.165, 1.54) is 23.9 Å². The molecule has 0 saturated carbocycles. The summed E-state index contributed by atoms with van der Waals surface area (Å²) in [5, 5.41) is 3.64. The number of nitrogens with one attached hydrogen (secondary N) is 1. The molecular weight excluding hydrogens is 405 g/mol. The summed E-state index contributed by atoms with van der Waals surface area (Å²) in [5.41, 5.74) is 2.71. The van der Waals surface area contributed by atoms with Crippen LogP contribution in [0.4, 0.5) is 4.39 Å². The summed E-state index contributed by atoms with van der Waals surface area (Å²) >= 11 is 4.65. The van der Waals surface area contributed by atoms with Crippen LogP contribution in [-0.2, 0) is 17.9 Å². The van der Waals surface area contributed by atoms with Gasteiger partial charge in [0.15, 0.2) is 5.16 Å². The number of hydrogen-bond donors (Lipinski definition) is 1. The van der Waals surface area contributed by atoms with Gasteiger partial charge in [-0.15, -0.1) is 0 Å². The Bertz CT molecular complexity index is 892. The monoisotopic (exact) mass is 421 g/mol. The van der Waals surface area contributed by atoms with Gasteiger partial charge >= 0.3 is 0 Å². The van der Waals surface area contributed by atoms with Gasteiger partial charge in [0.2, 0.25) is 5.91 Å². The van der Waals surface area contributed by atoms with Crippen LogP contribution in [-0.4, -0.2) is 21.2 Å². The van der Waals surface area contributed by atoms with E-state index in [4.69, 9.17) is 0 Å². The van der Waals surface area contributed by atoms with Gasteiger partial charge in [-0.1, -0.05) is 39.8 Å². The first-order valence-corrected chi connectivity index (χ1v) is 9.64. The molecule has 3 rings (SSSR count). The zero-order chi connectivity index (χ0) is 17.8. The Morgan fingerprint density at radius 2 is 2.12 bits per heavy atom. The lowest BCUT2D eigenvalue weighted by Gasteiger charge is -2.07. The van der Waals surface area contributed by atoms with Crippen LogP contribution in [0.2, 0.25) is 0 Å². The summed E-state index contributed by atoms with van der Waals surface area (Å²) in [6.07, 6.45) is 0. The van der Waals surface area contributed by atoms with E-state index in [0.29, 0.717) is 16.6 Å². The molecule has 0 radical (unpaired) electrons. The predicted octanol–water partition coefficient (Wildman–Crippen LogP) is 4.37. The van der Waals surface area contributed by atoms with E-state index in [9.17, 15) is 9.18 Å². The summed E-state index contributed by atoms with van der Waals surface area (Å²) in [6.45, 7) is 3.14. The Labute approximate surface area is 158 Å². The number of nitrogens with zero attached hydrogens (tertiary/aromatic N) is 2. The number of amides is 1. The third-order valence-corrected chi connectivity index (χ3v) is 5.11. The van der Waals surface area contributed by atoms with Crippen molar-refractivity contribution in [1.82, 2.24) is 14.9 Å². The van der Waals surface area contributed by atoms with Crippen LogP contribution in [0.25, 0.3) is 11.0 Å². The number of thioether (sulfide) groups is 1. The smallest absolute Gasteiger partial charge is 0.230 e. The normalized spacial score (nSPS) is 11.0. The van der Waals surface area contributed by atoms with Crippen molar-refractivity contribution in [3.8, 4) is 0 Å². The lowest BCUT2D eigenvalue weighted by Crippen LogP contribution is -2.24. The molecule has 0 aliphatic carbocycles. The average molecular weight is 422 g/mol. The lowest BCUT2D eigenvalue weighted by molar-refractivity contribution is -0.118. The molecular formula is C18H17BrFN3OS. The maximum absolute atomic E-state index is 13.3. The van der Waals surface area contributed by atoms with Crippen LogP contribution < -0.4 is 5.32 Å². The zero-order valence-electron chi connectivity index (χ0n) is 13.6. The number of halogens is 2. The van der Waals surface area contributed by atoms with Gasteiger partial charge in [0.1, 0.15) is 5.82 Å². The van der Waals surface area contributed by atoms with Gasteiger partial charge in [0.25, 0.3) is 0 Å². The van der Waals surface area contributed by atoms with Gasteiger partial charge in [0, 0.05) is 17.6 Å². The van der Waals surface area contributed by atoms with Crippen LogP contribution in [0.5, 0.6) is 0 Å². The number of aromatic nitrogens is 2. The number of aryl methyl sites for hydroxylation is 1. The van der Waals surface area contributed by atoms with Crippen LogP contribution >= 0.6 is 27.7 Å². The molecule has 130 valence electrons. The molecule has 0 atom stereocenters. The first-order chi connectivity index (χ1) is 12.1. The Kier molecular flexibility index (Phi) is 5.75. The SMILES string of the molecule is CCn1c(SCC(=O)NCc2cc(F)cc(Br)c2)nc2ccccc21. The molecule has 3 aromatic rings. The molecule has 0 aliphatic heterocycles. The summed E-state index contributed by atoms with van der Waals surface area (Å²) in [4.78, 5) is 16.7. The highest BCUT2D eigenvalue weighted by atomic mass is 79.9. The molecule has 0 unspecified atom stereocenters. The molecule has 0 aliphatic rings. The number of hydrogen-bond acceptors (Lipinski definition) is 3. The van der Waals surface area contributed by atoms with Crippen molar-refractivity contribution in [1.29, 1.82) is 0 Å². The number of carbonyl (C=O) groups excluding carboxylic acids is 1. The van der Waals surface area contributed by atoms with Crippen molar-refractivity contribution in [3.05, 3.63) is 58.3 Å². The fraction of sp³-hybridized carbons (Fsp3) is 0.222. The van der Waals surface area contributed by atoms with Crippen molar-refractivity contribution in [2.24, 2.45) is 0 Å². The van der Waals surface area contributed by atoms with Crippen molar-refractivity contribution in [2.75, 3.05) is 5.75 Å². The van der Waals surface area contributed by atoms with Gasteiger partial charge in [-0.25, -0.2) is 9.37 Å². The highest BCUT2D eigenvalue weighted by molar-refractivity contribution is 9.10. The van der Waals surface area contributed by atoms with Crippen LogP contribution in [0.3, 0.4) is 0 Å². The van der Waals surface area contributed by atoms with E-state index >= 15 is 0 Å². The molecule has 1 N–H and O–H groups in total. The Balaban J connectivity index is 1.61. The second-order valence-electron chi connectivity index (χ2n) is 5.47. The third-order valence-electron chi connectivity index (χ3n) is 3.68. The fourth-order valence-electron chi connectivity index (χ4n) is 2.56. The Hall–Kier alpha value is -1.86. The number of benzene rings is 2. The molecule has 7 heteroatoms. The van der Waals surface area contributed by atoms with Crippen LogP contribution in [0.15, 0.2) is 52.1 Å². The van der Waals surface area contributed by atoms with Crippen LogP contribution in [0, 0.1) is 5.82 Å². The molecule has 0 fully saturated rings. The summed E-state index contributed by atoms with van der Waals surface area (Å²) in [5.74, 6) is -0.176. The topological polar surface area (TPSA) is 46.9 Å². The second kappa shape index (κ2) is 8.01. The summed E-state index contributed by atoms with van der Waals surface area (Å²) in [7, 11) is 0. The first-order valence-electron chi connectivity index (χ1n) is 7.86. The fourth-order valence-corrected chi connectivity index (χ4v) is 3.99. The number of fused-ring (bicyclic) bond motifs is 1. The number of rotatable bonds is 6. The van der Waals surface area contributed by atoms with E-state index in [1.54, 1.807) is 6.07 Å². The molecule has 1 amide bonds. The van der Waals surface area contributed by atoms with E-state index in [0.717, 1.165) is 22.7 Å². The average Bonchev–Trinajstić information content (AvgIpc) is 2.94. The minimum atomic E-state index is -0.329.